The number of hydrogen-bond acceptors (Lipinski definition) is 8. The lowest BCUT2D eigenvalue weighted by Crippen LogP contribution is -2.66. The highest BCUT2D eigenvalue weighted by atomic mass is 15.3. The van der Waals surface area contributed by atoms with E-state index in [1.165, 1.54) is 0 Å². The number of nitrogens with one attached hydrogen (secondary N) is 5. The number of likely N-dealkylation sites (N-methyl/N-ethyl adjacent to an activating group) is 3. The summed E-state index contributed by atoms with van der Waals surface area (Å²) >= 11 is 0. The van der Waals surface area contributed by atoms with Gasteiger partial charge in [-0.05, 0) is 21.1 Å². The van der Waals surface area contributed by atoms with Crippen LogP contribution in [0.15, 0.2) is 0 Å². The fourth-order valence-electron chi connectivity index (χ4n) is 2.80. The molecule has 1 aliphatic rings. The zero-order chi connectivity index (χ0) is 16.5. The first-order valence-electron chi connectivity index (χ1n) is 8.16. The minimum Gasteiger partial charge on any atom is -0.322 e. The Bertz CT molecular complexity index is 303. The first kappa shape index (κ1) is 19.7. The summed E-state index contributed by atoms with van der Waals surface area (Å²) in [4.78, 5) is 2.20. The van der Waals surface area contributed by atoms with E-state index in [9.17, 15) is 0 Å². The van der Waals surface area contributed by atoms with E-state index in [1.807, 2.05) is 14.1 Å². The Balaban J connectivity index is 2.64. The third kappa shape index (κ3) is 6.43. The number of hydrogen-bond donors (Lipinski definition) is 7. The van der Waals surface area contributed by atoms with Crippen molar-refractivity contribution in [3.63, 3.8) is 0 Å². The molecule has 9 N–H and O–H groups in total. The summed E-state index contributed by atoms with van der Waals surface area (Å²) in [7, 11) is 5.94. The van der Waals surface area contributed by atoms with Crippen LogP contribution in [-0.2, 0) is 0 Å². The molecule has 1 heterocycles. The van der Waals surface area contributed by atoms with Crippen molar-refractivity contribution in [2.75, 3.05) is 80.0 Å². The Kier molecular flexibility index (Phi) is 8.73. The van der Waals surface area contributed by atoms with Gasteiger partial charge in [-0.3, -0.25) is 4.90 Å². The van der Waals surface area contributed by atoms with E-state index >= 15 is 0 Å². The monoisotopic (exact) mass is 316 g/mol. The van der Waals surface area contributed by atoms with Crippen LogP contribution in [0.3, 0.4) is 0 Å². The third-order valence-corrected chi connectivity index (χ3v) is 4.26. The van der Waals surface area contributed by atoms with Crippen molar-refractivity contribution in [1.29, 1.82) is 0 Å². The maximum atomic E-state index is 6.55. The van der Waals surface area contributed by atoms with E-state index in [0.717, 1.165) is 58.9 Å². The second-order valence-electron chi connectivity index (χ2n) is 6.48. The van der Waals surface area contributed by atoms with Gasteiger partial charge in [0.1, 0.15) is 0 Å². The maximum Gasteiger partial charge on any atom is 0.0941 e. The van der Waals surface area contributed by atoms with Gasteiger partial charge in [0.15, 0.2) is 0 Å². The molecule has 0 aliphatic carbocycles. The molecule has 8 nitrogen and oxygen atoms in total. The second-order valence-corrected chi connectivity index (χ2v) is 6.48. The van der Waals surface area contributed by atoms with Gasteiger partial charge in [0, 0.05) is 58.9 Å². The minimum atomic E-state index is -0.394. The first-order valence-corrected chi connectivity index (χ1v) is 8.16. The smallest absolute Gasteiger partial charge is 0.0941 e. The van der Waals surface area contributed by atoms with Crippen LogP contribution in [0.25, 0.3) is 0 Å². The Hall–Kier alpha value is -0.320. The second kappa shape index (κ2) is 9.74. The molecule has 0 aromatic rings. The quantitative estimate of drug-likeness (QED) is 0.286. The molecule has 2 atom stereocenters. The maximum absolute atomic E-state index is 6.55. The van der Waals surface area contributed by atoms with Crippen molar-refractivity contribution in [2.45, 2.75) is 11.2 Å². The molecule has 1 aliphatic heterocycles. The van der Waals surface area contributed by atoms with Gasteiger partial charge in [-0.15, -0.1) is 0 Å². The van der Waals surface area contributed by atoms with Crippen LogP contribution >= 0.6 is 0 Å². The third-order valence-electron chi connectivity index (χ3n) is 4.26. The number of rotatable bonds is 4. The summed E-state index contributed by atoms with van der Waals surface area (Å²) in [5.74, 6) is 0. The molecule has 1 saturated heterocycles. The van der Waals surface area contributed by atoms with Crippen LogP contribution in [-0.4, -0.2) is 96.1 Å². The standard InChI is InChI=1S/C14H36N8/c1-17-8-13(15)9-19-4-5-20-12-14(16,11-18-2)22(3)7-6-21-10-13/h17-21H,4-12,15-16H2,1-3H3/t13-,14-/m1/s1. The zero-order valence-corrected chi connectivity index (χ0v) is 14.5. The highest BCUT2D eigenvalue weighted by Gasteiger charge is 2.29. The summed E-state index contributed by atoms with van der Waals surface area (Å²) in [6, 6.07) is 0. The molecule has 1 fully saturated rings. The molecular formula is C14H36N8. The summed E-state index contributed by atoms with van der Waals surface area (Å²) in [5.41, 5.74) is 12.3. The van der Waals surface area contributed by atoms with Crippen molar-refractivity contribution in [1.82, 2.24) is 31.5 Å². The van der Waals surface area contributed by atoms with Gasteiger partial charge in [0.2, 0.25) is 0 Å². The fraction of sp³-hybridized carbons (Fsp3) is 1.00. The van der Waals surface area contributed by atoms with Crippen LogP contribution in [0.4, 0.5) is 0 Å². The Labute approximate surface area is 135 Å². The van der Waals surface area contributed by atoms with Gasteiger partial charge in [-0.2, -0.15) is 0 Å². The van der Waals surface area contributed by atoms with Crippen LogP contribution in [0.2, 0.25) is 0 Å². The topological polar surface area (TPSA) is 115 Å². The zero-order valence-electron chi connectivity index (χ0n) is 14.5. The van der Waals surface area contributed by atoms with Gasteiger partial charge < -0.3 is 38.1 Å². The molecule has 0 amide bonds. The molecule has 1 rings (SSSR count). The highest BCUT2D eigenvalue weighted by molar-refractivity contribution is 4.92. The molecule has 22 heavy (non-hydrogen) atoms. The number of nitrogens with zero attached hydrogens (tertiary/aromatic N) is 1. The van der Waals surface area contributed by atoms with E-state index in [2.05, 4.69) is 38.5 Å². The van der Waals surface area contributed by atoms with E-state index in [-0.39, 0.29) is 5.54 Å². The van der Waals surface area contributed by atoms with Crippen LogP contribution < -0.4 is 38.1 Å². The lowest BCUT2D eigenvalue weighted by Gasteiger charge is -2.39. The van der Waals surface area contributed by atoms with Crippen molar-refractivity contribution >= 4 is 0 Å². The predicted molar refractivity (Wildman–Crippen MR) is 92.9 cm³/mol. The summed E-state index contributed by atoms with van der Waals surface area (Å²) in [5, 5.41) is 16.7. The highest BCUT2D eigenvalue weighted by Crippen LogP contribution is 2.04. The first-order chi connectivity index (χ1) is 10.5. The minimum absolute atomic E-state index is 0.286. The van der Waals surface area contributed by atoms with Gasteiger partial charge in [-0.25, -0.2) is 0 Å². The van der Waals surface area contributed by atoms with Crippen molar-refractivity contribution in [3.8, 4) is 0 Å². The molecule has 0 saturated carbocycles. The van der Waals surface area contributed by atoms with Crippen molar-refractivity contribution < 1.29 is 0 Å². The molecule has 0 unspecified atom stereocenters. The lowest BCUT2D eigenvalue weighted by atomic mass is 10.0. The molecular weight excluding hydrogens is 280 g/mol. The molecule has 132 valence electrons. The van der Waals surface area contributed by atoms with Crippen molar-refractivity contribution in [2.24, 2.45) is 11.5 Å². The Morgan fingerprint density at radius 2 is 1.45 bits per heavy atom. The van der Waals surface area contributed by atoms with E-state index in [0.29, 0.717) is 0 Å². The molecule has 0 aromatic heterocycles. The fourth-order valence-corrected chi connectivity index (χ4v) is 2.80. The van der Waals surface area contributed by atoms with Gasteiger partial charge in [0.05, 0.1) is 11.2 Å². The SMILES string of the molecule is CNC[C@@]1(N)CNCCNC[C@@](N)(CNC)N(C)CCNC1. The number of nitrogens with two attached hydrogens (primary N) is 2. The largest absolute Gasteiger partial charge is 0.322 e. The molecule has 0 spiro atoms. The molecule has 0 bridgehead atoms. The van der Waals surface area contributed by atoms with E-state index in [1.54, 1.807) is 0 Å². The molecule has 0 aromatic carbocycles. The lowest BCUT2D eigenvalue weighted by molar-refractivity contribution is 0.122. The van der Waals surface area contributed by atoms with Crippen LogP contribution in [0.1, 0.15) is 0 Å². The normalized spacial score (nSPS) is 33.7. The van der Waals surface area contributed by atoms with Gasteiger partial charge >= 0.3 is 0 Å². The van der Waals surface area contributed by atoms with E-state index in [4.69, 9.17) is 11.5 Å². The average molecular weight is 316 g/mol. The molecule has 0 radical (unpaired) electrons. The van der Waals surface area contributed by atoms with Gasteiger partial charge in [-0.1, -0.05) is 0 Å². The molecule has 8 heteroatoms. The summed E-state index contributed by atoms with van der Waals surface area (Å²) in [6.07, 6.45) is 0. The van der Waals surface area contributed by atoms with Crippen molar-refractivity contribution in [3.05, 3.63) is 0 Å². The Morgan fingerprint density at radius 1 is 0.909 bits per heavy atom. The van der Waals surface area contributed by atoms with Crippen LogP contribution in [0.5, 0.6) is 0 Å². The Morgan fingerprint density at radius 3 is 2.05 bits per heavy atom. The van der Waals surface area contributed by atoms with Gasteiger partial charge in [0.25, 0.3) is 0 Å². The average Bonchev–Trinajstić information content (AvgIpc) is 2.48. The summed E-state index contributed by atoms with van der Waals surface area (Å²) in [6.45, 7) is 7.30. The summed E-state index contributed by atoms with van der Waals surface area (Å²) < 4.78 is 0. The van der Waals surface area contributed by atoms with E-state index < -0.39 is 5.66 Å². The van der Waals surface area contributed by atoms with Crippen LogP contribution in [0, 0.1) is 0 Å². The predicted octanol–water partition coefficient (Wildman–Crippen LogP) is -3.51.